The molecule has 1 N–H and O–H groups in total. The molecular formula is C16H16Br2N2S. The maximum Gasteiger partial charge on any atom is 0.144 e. The Kier molecular flexibility index (Phi) is 4.62. The summed E-state index contributed by atoms with van der Waals surface area (Å²) in [5.74, 6) is 1.41. The normalized spacial score (nSPS) is 15.6. The van der Waals surface area contributed by atoms with Crippen molar-refractivity contribution < 1.29 is 0 Å². The fourth-order valence-corrected chi connectivity index (χ4v) is 4.31. The summed E-state index contributed by atoms with van der Waals surface area (Å²) in [6.07, 6.45) is 5.04. The molecule has 0 spiro atoms. The topological polar surface area (TPSA) is 28.7 Å². The maximum atomic E-state index is 5.44. The first-order chi connectivity index (χ1) is 10.1. The molecule has 110 valence electrons. The SMILES string of the molecule is Cc1ccc(-c2nc(=S)c(Br)c(C3CCCC3)[nH]2)c(Br)c1. The first-order valence-electron chi connectivity index (χ1n) is 7.12. The lowest BCUT2D eigenvalue weighted by Gasteiger charge is -2.15. The molecule has 5 heteroatoms. The van der Waals surface area contributed by atoms with E-state index in [9.17, 15) is 0 Å². The lowest BCUT2D eigenvalue weighted by molar-refractivity contribution is 0.689. The molecule has 1 fully saturated rings. The van der Waals surface area contributed by atoms with E-state index in [0.29, 0.717) is 10.6 Å². The Morgan fingerprint density at radius 2 is 1.95 bits per heavy atom. The molecule has 1 heterocycles. The number of hydrogen-bond donors (Lipinski definition) is 1. The number of aryl methyl sites for hydroxylation is 1. The fraction of sp³-hybridized carbons (Fsp3) is 0.375. The molecule has 21 heavy (non-hydrogen) atoms. The zero-order valence-corrected chi connectivity index (χ0v) is 15.7. The Morgan fingerprint density at radius 3 is 2.62 bits per heavy atom. The summed E-state index contributed by atoms with van der Waals surface area (Å²) in [5, 5.41) is 0. The van der Waals surface area contributed by atoms with Crippen molar-refractivity contribution in [1.29, 1.82) is 0 Å². The van der Waals surface area contributed by atoms with Crippen molar-refractivity contribution in [2.75, 3.05) is 0 Å². The van der Waals surface area contributed by atoms with Crippen LogP contribution in [0.2, 0.25) is 0 Å². The highest BCUT2D eigenvalue weighted by atomic mass is 79.9. The van der Waals surface area contributed by atoms with Crippen molar-refractivity contribution in [2.45, 2.75) is 38.5 Å². The van der Waals surface area contributed by atoms with Gasteiger partial charge in [-0.25, -0.2) is 4.98 Å². The second-order valence-corrected chi connectivity index (χ2v) is 7.62. The second kappa shape index (κ2) is 6.31. The maximum absolute atomic E-state index is 5.44. The van der Waals surface area contributed by atoms with Crippen LogP contribution < -0.4 is 0 Å². The van der Waals surface area contributed by atoms with Crippen LogP contribution in [0, 0.1) is 11.6 Å². The number of halogens is 2. The third-order valence-electron chi connectivity index (χ3n) is 4.03. The minimum Gasteiger partial charge on any atom is -0.342 e. The molecule has 1 aliphatic carbocycles. The molecule has 0 radical (unpaired) electrons. The number of aromatic amines is 1. The molecule has 0 bridgehead atoms. The highest BCUT2D eigenvalue weighted by Gasteiger charge is 2.22. The average molecular weight is 428 g/mol. The molecule has 0 amide bonds. The van der Waals surface area contributed by atoms with E-state index < -0.39 is 0 Å². The van der Waals surface area contributed by atoms with Crippen LogP contribution in [0.5, 0.6) is 0 Å². The Hall–Kier alpha value is -0.520. The Bertz CT molecular complexity index is 734. The van der Waals surface area contributed by atoms with Crippen LogP contribution >= 0.6 is 44.1 Å². The van der Waals surface area contributed by atoms with Crippen molar-refractivity contribution in [2.24, 2.45) is 0 Å². The lowest BCUT2D eigenvalue weighted by Crippen LogP contribution is -2.03. The molecule has 1 aliphatic rings. The van der Waals surface area contributed by atoms with Crippen LogP contribution in [0.1, 0.15) is 42.9 Å². The van der Waals surface area contributed by atoms with Crippen LogP contribution in [0.25, 0.3) is 11.4 Å². The van der Waals surface area contributed by atoms with Gasteiger partial charge in [-0.15, -0.1) is 0 Å². The molecule has 0 aliphatic heterocycles. The fourth-order valence-electron chi connectivity index (χ4n) is 2.91. The molecule has 1 saturated carbocycles. The van der Waals surface area contributed by atoms with Gasteiger partial charge in [0.2, 0.25) is 0 Å². The molecule has 0 atom stereocenters. The van der Waals surface area contributed by atoms with E-state index in [1.54, 1.807) is 0 Å². The highest BCUT2D eigenvalue weighted by Crippen LogP contribution is 2.38. The third-order valence-corrected chi connectivity index (χ3v) is 6.05. The molecule has 2 nitrogen and oxygen atoms in total. The largest absolute Gasteiger partial charge is 0.342 e. The average Bonchev–Trinajstić information content (AvgIpc) is 2.96. The number of rotatable bonds is 2. The van der Waals surface area contributed by atoms with Gasteiger partial charge >= 0.3 is 0 Å². The lowest BCUT2D eigenvalue weighted by atomic mass is 10.0. The Labute approximate surface area is 146 Å². The minimum absolute atomic E-state index is 0.562. The molecule has 0 unspecified atom stereocenters. The van der Waals surface area contributed by atoms with Gasteiger partial charge in [0.05, 0.1) is 4.47 Å². The van der Waals surface area contributed by atoms with Crippen molar-refractivity contribution >= 4 is 44.1 Å². The van der Waals surface area contributed by atoms with Crippen LogP contribution in [0.3, 0.4) is 0 Å². The van der Waals surface area contributed by atoms with Gasteiger partial charge in [-0.3, -0.25) is 0 Å². The number of nitrogens with zero attached hydrogens (tertiary/aromatic N) is 1. The van der Waals surface area contributed by atoms with E-state index in [1.165, 1.54) is 36.9 Å². The van der Waals surface area contributed by atoms with Crippen LogP contribution in [-0.2, 0) is 0 Å². The standard InChI is InChI=1S/C16H16Br2N2S/c1-9-6-7-11(12(17)8-9)15-19-14(10-4-2-3-5-10)13(18)16(21)20-15/h6-8,10H,2-5H2,1H3,(H,19,20,21). The number of hydrogen-bond acceptors (Lipinski definition) is 2. The van der Waals surface area contributed by atoms with Crippen molar-refractivity contribution in [3.05, 3.63) is 43.0 Å². The van der Waals surface area contributed by atoms with E-state index >= 15 is 0 Å². The van der Waals surface area contributed by atoms with Crippen molar-refractivity contribution in [3.63, 3.8) is 0 Å². The van der Waals surface area contributed by atoms with Gasteiger partial charge in [0.1, 0.15) is 10.5 Å². The Morgan fingerprint density at radius 1 is 1.24 bits per heavy atom. The summed E-state index contributed by atoms with van der Waals surface area (Å²) in [6.45, 7) is 2.08. The van der Waals surface area contributed by atoms with Crippen LogP contribution in [0.15, 0.2) is 27.1 Å². The van der Waals surface area contributed by atoms with E-state index in [0.717, 1.165) is 20.3 Å². The van der Waals surface area contributed by atoms with Gasteiger partial charge in [0.15, 0.2) is 0 Å². The van der Waals surface area contributed by atoms with E-state index in [1.807, 2.05) is 0 Å². The van der Waals surface area contributed by atoms with E-state index in [4.69, 9.17) is 12.2 Å². The summed E-state index contributed by atoms with van der Waals surface area (Å²) in [7, 11) is 0. The number of benzene rings is 1. The summed E-state index contributed by atoms with van der Waals surface area (Å²) in [6, 6.07) is 6.28. The first kappa shape index (κ1) is 15.4. The predicted molar refractivity (Wildman–Crippen MR) is 96.2 cm³/mol. The van der Waals surface area contributed by atoms with Gasteiger partial charge in [0, 0.05) is 21.6 Å². The first-order valence-corrected chi connectivity index (χ1v) is 9.12. The number of H-pyrrole nitrogens is 1. The number of nitrogens with one attached hydrogen (secondary N) is 1. The van der Waals surface area contributed by atoms with Gasteiger partial charge < -0.3 is 4.98 Å². The summed E-state index contributed by atoms with van der Waals surface area (Å²) < 4.78 is 2.63. The zero-order valence-electron chi connectivity index (χ0n) is 11.7. The highest BCUT2D eigenvalue weighted by molar-refractivity contribution is 9.11. The number of aromatic nitrogens is 2. The second-order valence-electron chi connectivity index (χ2n) is 5.58. The molecule has 2 aromatic rings. The summed E-state index contributed by atoms with van der Waals surface area (Å²) in [5.41, 5.74) is 3.48. The van der Waals surface area contributed by atoms with Crippen LogP contribution in [-0.4, -0.2) is 9.97 Å². The van der Waals surface area contributed by atoms with Crippen molar-refractivity contribution in [1.82, 2.24) is 9.97 Å². The van der Waals surface area contributed by atoms with E-state index in [2.05, 4.69) is 67.0 Å². The smallest absolute Gasteiger partial charge is 0.144 e. The molecular weight excluding hydrogens is 412 g/mol. The molecule has 1 aromatic carbocycles. The van der Waals surface area contributed by atoms with Gasteiger partial charge in [0.25, 0.3) is 0 Å². The van der Waals surface area contributed by atoms with Crippen LogP contribution in [0.4, 0.5) is 0 Å². The zero-order chi connectivity index (χ0) is 15.0. The Balaban J connectivity index is 2.13. The van der Waals surface area contributed by atoms with Gasteiger partial charge in [-0.1, -0.05) is 47.1 Å². The summed E-state index contributed by atoms with van der Waals surface area (Å²) >= 11 is 12.7. The monoisotopic (exact) mass is 426 g/mol. The minimum atomic E-state index is 0.562. The van der Waals surface area contributed by atoms with Crippen molar-refractivity contribution in [3.8, 4) is 11.4 Å². The van der Waals surface area contributed by atoms with Gasteiger partial charge in [-0.2, -0.15) is 0 Å². The predicted octanol–water partition coefficient (Wildman–Crippen LogP) is 6.30. The molecule has 1 aromatic heterocycles. The third kappa shape index (κ3) is 3.15. The van der Waals surface area contributed by atoms with Gasteiger partial charge in [-0.05, 0) is 53.4 Å². The summed E-state index contributed by atoms with van der Waals surface area (Å²) in [4.78, 5) is 8.07. The van der Waals surface area contributed by atoms with E-state index in [-0.39, 0.29) is 0 Å². The quantitative estimate of drug-likeness (QED) is 0.569. The molecule has 0 saturated heterocycles. The molecule has 3 rings (SSSR count).